The Balaban J connectivity index is 1.38. The molecule has 10 nitrogen and oxygen atoms in total. The van der Waals surface area contributed by atoms with Crippen LogP contribution in [0.5, 0.6) is 17.2 Å². The molecule has 43 heavy (non-hydrogen) atoms. The third-order valence-electron chi connectivity index (χ3n) is 6.94. The van der Waals surface area contributed by atoms with Crippen molar-refractivity contribution in [2.45, 2.75) is 46.3 Å². The molecule has 222 valence electrons. The van der Waals surface area contributed by atoms with Gasteiger partial charge in [0.1, 0.15) is 29.0 Å². The standard InChI is InChI=1S/C33H35N5O5/c1-21(2)6-7-24-16-29-30(17-32(43-33(29)18-31(24)41-5)23-8-14-28(40-4)15-9-23)36-42-20-26-19-38(37-35-26)27-12-10-25(11-13-27)34-22(3)39/h6,8-16,18-19,32H,7,17,20H2,1-5H3,(H,34,39)/b36-30-/t32-/m0/s1. The van der Waals surface area contributed by atoms with E-state index in [1.807, 2.05) is 54.6 Å². The minimum Gasteiger partial charge on any atom is -0.497 e. The summed E-state index contributed by atoms with van der Waals surface area (Å²) in [5, 5.41) is 15.8. The summed E-state index contributed by atoms with van der Waals surface area (Å²) >= 11 is 0. The molecule has 0 spiro atoms. The van der Waals surface area contributed by atoms with Crippen LogP contribution in [-0.4, -0.2) is 40.8 Å². The van der Waals surface area contributed by atoms with Crippen molar-refractivity contribution in [2.24, 2.45) is 5.16 Å². The van der Waals surface area contributed by atoms with Crippen molar-refractivity contribution >= 4 is 17.3 Å². The molecule has 0 bridgehead atoms. The van der Waals surface area contributed by atoms with Gasteiger partial charge < -0.3 is 24.4 Å². The van der Waals surface area contributed by atoms with Crippen molar-refractivity contribution in [3.05, 3.63) is 101 Å². The van der Waals surface area contributed by atoms with Gasteiger partial charge in [0, 0.05) is 30.7 Å². The molecular weight excluding hydrogens is 546 g/mol. The Hall–Kier alpha value is -5.12. The number of aromatic nitrogens is 3. The number of allylic oxidation sites excluding steroid dienone is 2. The first kappa shape index (κ1) is 29.4. The van der Waals surface area contributed by atoms with Gasteiger partial charge in [-0.2, -0.15) is 0 Å². The van der Waals surface area contributed by atoms with E-state index in [0.717, 1.165) is 46.0 Å². The highest BCUT2D eigenvalue weighted by atomic mass is 16.6. The lowest BCUT2D eigenvalue weighted by Gasteiger charge is -2.28. The van der Waals surface area contributed by atoms with Crippen LogP contribution < -0.4 is 19.5 Å². The predicted octanol–water partition coefficient (Wildman–Crippen LogP) is 6.20. The van der Waals surface area contributed by atoms with E-state index in [1.165, 1.54) is 12.5 Å². The van der Waals surface area contributed by atoms with Gasteiger partial charge in [-0.1, -0.05) is 34.2 Å². The Morgan fingerprint density at radius 1 is 1.07 bits per heavy atom. The lowest BCUT2D eigenvalue weighted by Crippen LogP contribution is -2.22. The van der Waals surface area contributed by atoms with Gasteiger partial charge in [0.2, 0.25) is 5.91 Å². The summed E-state index contributed by atoms with van der Waals surface area (Å²) in [6.07, 6.45) is 4.92. The van der Waals surface area contributed by atoms with E-state index in [1.54, 1.807) is 25.1 Å². The minimum absolute atomic E-state index is 0.125. The quantitative estimate of drug-likeness (QED) is 0.176. The molecule has 0 saturated heterocycles. The fraction of sp³-hybridized carbons (Fsp3) is 0.273. The first-order chi connectivity index (χ1) is 20.8. The smallest absolute Gasteiger partial charge is 0.221 e. The van der Waals surface area contributed by atoms with Crippen LogP contribution in [0.2, 0.25) is 0 Å². The van der Waals surface area contributed by atoms with Crippen molar-refractivity contribution in [2.75, 3.05) is 19.5 Å². The molecule has 0 unspecified atom stereocenters. The van der Waals surface area contributed by atoms with Crippen molar-refractivity contribution in [1.82, 2.24) is 15.0 Å². The van der Waals surface area contributed by atoms with E-state index in [4.69, 9.17) is 19.0 Å². The molecule has 1 atom stereocenters. The maximum absolute atomic E-state index is 11.3. The molecule has 1 aliphatic heterocycles. The summed E-state index contributed by atoms with van der Waals surface area (Å²) in [5.74, 6) is 2.09. The Labute approximate surface area is 250 Å². The number of rotatable bonds is 10. The van der Waals surface area contributed by atoms with Gasteiger partial charge >= 0.3 is 0 Å². The molecule has 10 heteroatoms. The second-order valence-corrected chi connectivity index (χ2v) is 10.4. The molecule has 4 aromatic rings. The van der Waals surface area contributed by atoms with Crippen LogP contribution in [0.3, 0.4) is 0 Å². The van der Waals surface area contributed by atoms with E-state index < -0.39 is 0 Å². The average Bonchev–Trinajstić information content (AvgIpc) is 3.48. The number of oxime groups is 1. The molecule has 0 saturated carbocycles. The van der Waals surface area contributed by atoms with Crippen LogP contribution >= 0.6 is 0 Å². The van der Waals surface area contributed by atoms with E-state index in [0.29, 0.717) is 23.6 Å². The molecule has 0 fully saturated rings. The number of benzene rings is 3. The summed E-state index contributed by atoms with van der Waals surface area (Å²) < 4.78 is 19.2. The van der Waals surface area contributed by atoms with E-state index >= 15 is 0 Å². The Morgan fingerprint density at radius 3 is 2.51 bits per heavy atom. The summed E-state index contributed by atoms with van der Waals surface area (Å²) in [6.45, 7) is 5.76. The summed E-state index contributed by atoms with van der Waals surface area (Å²) in [7, 11) is 3.31. The zero-order valence-electron chi connectivity index (χ0n) is 25.0. The number of carbonyl (C=O) groups excluding carboxylic acids is 1. The number of nitrogens with zero attached hydrogens (tertiary/aromatic N) is 4. The molecule has 3 aromatic carbocycles. The number of hydrogen-bond donors (Lipinski definition) is 1. The van der Waals surface area contributed by atoms with Gasteiger partial charge in [0.05, 0.1) is 31.8 Å². The zero-order valence-corrected chi connectivity index (χ0v) is 25.0. The largest absolute Gasteiger partial charge is 0.497 e. The summed E-state index contributed by atoms with van der Waals surface area (Å²) in [4.78, 5) is 17.1. The SMILES string of the molecule is COc1ccc([C@@H]2C/C(=N/OCc3cn(-c4ccc(NC(C)=O)cc4)nn3)c3cc(CC=C(C)C)c(OC)cc3O2)cc1. The first-order valence-corrected chi connectivity index (χ1v) is 14.0. The topological polar surface area (TPSA) is 109 Å². The van der Waals surface area contributed by atoms with Crippen molar-refractivity contribution < 1.29 is 23.8 Å². The number of fused-ring (bicyclic) bond motifs is 1. The highest BCUT2D eigenvalue weighted by Crippen LogP contribution is 2.40. The van der Waals surface area contributed by atoms with Crippen LogP contribution in [0.15, 0.2) is 83.7 Å². The van der Waals surface area contributed by atoms with Gasteiger partial charge in [-0.15, -0.1) is 5.10 Å². The van der Waals surface area contributed by atoms with Crippen LogP contribution in [0.25, 0.3) is 5.69 Å². The number of hydrogen-bond acceptors (Lipinski definition) is 8. The second kappa shape index (κ2) is 13.2. The Bertz CT molecular complexity index is 1640. The monoisotopic (exact) mass is 581 g/mol. The zero-order chi connectivity index (χ0) is 30.3. The normalized spacial score (nSPS) is 14.8. The van der Waals surface area contributed by atoms with Gasteiger partial charge in [0.25, 0.3) is 0 Å². The van der Waals surface area contributed by atoms with E-state index in [9.17, 15) is 4.79 Å². The van der Waals surface area contributed by atoms with Crippen molar-refractivity contribution in [3.8, 4) is 22.9 Å². The lowest BCUT2D eigenvalue weighted by molar-refractivity contribution is -0.114. The van der Waals surface area contributed by atoms with Crippen molar-refractivity contribution in [1.29, 1.82) is 0 Å². The lowest BCUT2D eigenvalue weighted by atomic mass is 9.93. The molecule has 0 radical (unpaired) electrons. The van der Waals surface area contributed by atoms with Crippen LogP contribution in [0.1, 0.15) is 55.7 Å². The van der Waals surface area contributed by atoms with Gasteiger partial charge in [-0.3, -0.25) is 4.79 Å². The van der Waals surface area contributed by atoms with E-state index in [2.05, 4.69) is 46.8 Å². The van der Waals surface area contributed by atoms with Gasteiger partial charge in [-0.05, 0) is 73.9 Å². The maximum atomic E-state index is 11.3. The summed E-state index contributed by atoms with van der Waals surface area (Å²) in [5.41, 5.74) is 7.03. The highest BCUT2D eigenvalue weighted by Gasteiger charge is 2.29. The second-order valence-electron chi connectivity index (χ2n) is 10.4. The van der Waals surface area contributed by atoms with E-state index in [-0.39, 0.29) is 18.6 Å². The fourth-order valence-corrected chi connectivity index (χ4v) is 4.73. The van der Waals surface area contributed by atoms with Crippen LogP contribution in [0.4, 0.5) is 5.69 Å². The molecule has 0 aliphatic carbocycles. The Kier molecular flexibility index (Phi) is 9.05. The average molecular weight is 582 g/mol. The molecule has 1 amide bonds. The molecule has 1 aliphatic rings. The van der Waals surface area contributed by atoms with Crippen LogP contribution in [-0.2, 0) is 22.7 Å². The highest BCUT2D eigenvalue weighted by molar-refractivity contribution is 6.04. The third-order valence-corrected chi connectivity index (χ3v) is 6.94. The number of ether oxygens (including phenoxy) is 3. The summed E-state index contributed by atoms with van der Waals surface area (Å²) in [6, 6.07) is 19.1. The number of nitrogens with one attached hydrogen (secondary N) is 1. The number of carbonyl (C=O) groups is 1. The molecule has 1 N–H and O–H groups in total. The molecule has 2 heterocycles. The number of anilines is 1. The van der Waals surface area contributed by atoms with Crippen molar-refractivity contribution in [3.63, 3.8) is 0 Å². The minimum atomic E-state index is -0.268. The molecule has 5 rings (SSSR count). The first-order valence-electron chi connectivity index (χ1n) is 14.0. The maximum Gasteiger partial charge on any atom is 0.221 e. The molecule has 1 aromatic heterocycles. The van der Waals surface area contributed by atoms with Gasteiger partial charge in [-0.25, -0.2) is 4.68 Å². The predicted molar refractivity (Wildman–Crippen MR) is 164 cm³/mol. The third kappa shape index (κ3) is 7.21. The Morgan fingerprint density at radius 2 is 1.84 bits per heavy atom. The number of amides is 1. The van der Waals surface area contributed by atoms with Crippen LogP contribution in [0, 0.1) is 0 Å². The number of methoxy groups -OCH3 is 2. The fourth-order valence-electron chi connectivity index (χ4n) is 4.73. The molecular formula is C33H35N5O5. The van der Waals surface area contributed by atoms with Gasteiger partial charge in [0.15, 0.2) is 6.61 Å².